The first-order chi connectivity index (χ1) is 6.56. The number of carbonyl (C=O) groups excluding carboxylic acids is 2. The Morgan fingerprint density at radius 3 is 2.64 bits per heavy atom. The zero-order valence-corrected chi connectivity index (χ0v) is 9.17. The van der Waals surface area contributed by atoms with Gasteiger partial charge in [0.2, 0.25) is 11.8 Å². The lowest BCUT2D eigenvalue weighted by atomic mass is 9.93. The fourth-order valence-corrected chi connectivity index (χ4v) is 1.96. The van der Waals surface area contributed by atoms with E-state index < -0.39 is 0 Å². The van der Waals surface area contributed by atoms with Crippen molar-refractivity contribution < 1.29 is 9.59 Å². The molecule has 0 saturated carbocycles. The van der Waals surface area contributed by atoms with Gasteiger partial charge in [-0.25, -0.2) is 0 Å². The van der Waals surface area contributed by atoms with Crippen LogP contribution in [0.3, 0.4) is 0 Å². The summed E-state index contributed by atoms with van der Waals surface area (Å²) in [6.45, 7) is 2.44. The van der Waals surface area contributed by atoms with Gasteiger partial charge in [0.05, 0.1) is 11.7 Å². The fraction of sp³-hybridized carbons (Fsp3) is 0.778. The summed E-state index contributed by atoms with van der Waals surface area (Å²) < 4.78 is 0. The first-order valence-corrected chi connectivity index (χ1v) is 5.39. The molecular weight excluding hydrogens is 200 g/mol. The first kappa shape index (κ1) is 11.4. The van der Waals surface area contributed by atoms with Gasteiger partial charge < -0.3 is 10.6 Å². The summed E-state index contributed by atoms with van der Waals surface area (Å²) in [5.41, 5.74) is 5.22. The van der Waals surface area contributed by atoms with Crippen molar-refractivity contribution in [3.63, 3.8) is 0 Å². The van der Waals surface area contributed by atoms with Gasteiger partial charge in [0.1, 0.15) is 0 Å². The second kappa shape index (κ2) is 4.68. The minimum atomic E-state index is -0.311. The van der Waals surface area contributed by atoms with E-state index in [9.17, 15) is 9.59 Å². The monoisotopic (exact) mass is 216 g/mol. The van der Waals surface area contributed by atoms with Gasteiger partial charge in [-0.15, -0.1) is 0 Å². The van der Waals surface area contributed by atoms with Crippen LogP contribution in [0.15, 0.2) is 0 Å². The average molecular weight is 216 g/mol. The van der Waals surface area contributed by atoms with Crippen molar-refractivity contribution in [3.05, 3.63) is 0 Å². The summed E-state index contributed by atoms with van der Waals surface area (Å²) in [6, 6.07) is 0.199. The molecule has 1 saturated heterocycles. The largest absolute Gasteiger partial charge is 0.369 e. The molecule has 0 bridgehead atoms. The fourth-order valence-electron chi connectivity index (χ4n) is 1.78. The molecule has 80 valence electrons. The van der Waals surface area contributed by atoms with Crippen LogP contribution in [0.4, 0.5) is 0 Å². The van der Waals surface area contributed by atoms with Gasteiger partial charge in [-0.05, 0) is 19.8 Å². The highest BCUT2D eigenvalue weighted by Crippen LogP contribution is 2.21. The topological polar surface area (TPSA) is 63.4 Å². The molecule has 2 unspecified atom stereocenters. The van der Waals surface area contributed by atoms with Crippen molar-refractivity contribution in [1.82, 2.24) is 4.90 Å². The summed E-state index contributed by atoms with van der Waals surface area (Å²) in [4.78, 5) is 24.1. The number of nitrogens with two attached hydrogens (primary N) is 1. The van der Waals surface area contributed by atoms with Crippen molar-refractivity contribution in [2.45, 2.75) is 25.8 Å². The highest BCUT2D eigenvalue weighted by Gasteiger charge is 2.30. The molecule has 4 nitrogen and oxygen atoms in total. The highest BCUT2D eigenvalue weighted by atomic mass is 32.1. The van der Waals surface area contributed by atoms with Crippen LogP contribution in [0.2, 0.25) is 0 Å². The molecule has 1 aliphatic heterocycles. The average Bonchev–Trinajstić information content (AvgIpc) is 2.17. The molecule has 1 fully saturated rings. The van der Waals surface area contributed by atoms with E-state index in [0.29, 0.717) is 6.54 Å². The van der Waals surface area contributed by atoms with Crippen LogP contribution in [0.5, 0.6) is 0 Å². The predicted molar refractivity (Wildman–Crippen MR) is 56.9 cm³/mol. The third-order valence-electron chi connectivity index (χ3n) is 2.74. The molecule has 0 aromatic heterocycles. The lowest BCUT2D eigenvalue weighted by molar-refractivity contribution is -0.135. The Balaban J connectivity index is 2.64. The molecule has 5 heteroatoms. The molecule has 0 aromatic carbocycles. The summed E-state index contributed by atoms with van der Waals surface area (Å²) in [7, 11) is 0. The van der Waals surface area contributed by atoms with Gasteiger partial charge in [-0.3, -0.25) is 9.59 Å². The Kier molecular flexibility index (Phi) is 3.80. The molecular formula is C9H16N2O2S. The van der Waals surface area contributed by atoms with Crippen LogP contribution in [-0.2, 0) is 9.59 Å². The smallest absolute Gasteiger partial charge is 0.232 e. The van der Waals surface area contributed by atoms with E-state index in [-0.39, 0.29) is 29.5 Å². The zero-order valence-electron chi connectivity index (χ0n) is 8.27. The summed E-state index contributed by atoms with van der Waals surface area (Å²) in [6.07, 6.45) is 1.62. The van der Waals surface area contributed by atoms with Crippen molar-refractivity contribution in [2.75, 3.05) is 12.3 Å². The third kappa shape index (κ3) is 2.41. The Labute approximate surface area is 89.2 Å². The van der Waals surface area contributed by atoms with Crippen LogP contribution in [0.1, 0.15) is 19.8 Å². The van der Waals surface area contributed by atoms with Gasteiger partial charge in [0, 0.05) is 12.6 Å². The van der Waals surface area contributed by atoms with Gasteiger partial charge in [0.25, 0.3) is 0 Å². The zero-order chi connectivity index (χ0) is 10.7. The Morgan fingerprint density at radius 2 is 2.14 bits per heavy atom. The van der Waals surface area contributed by atoms with E-state index in [1.165, 1.54) is 0 Å². The minimum Gasteiger partial charge on any atom is -0.369 e. The number of hydrogen-bond donors (Lipinski definition) is 2. The van der Waals surface area contributed by atoms with Crippen LogP contribution >= 0.6 is 12.6 Å². The third-order valence-corrected chi connectivity index (χ3v) is 3.01. The molecule has 1 rings (SSSR count). The van der Waals surface area contributed by atoms with E-state index in [1.54, 1.807) is 4.90 Å². The van der Waals surface area contributed by atoms with Crippen LogP contribution < -0.4 is 5.73 Å². The lowest BCUT2D eigenvalue weighted by Gasteiger charge is -2.36. The molecule has 0 radical (unpaired) electrons. The number of nitrogens with zero attached hydrogens (tertiary/aromatic N) is 1. The number of hydrogen-bond acceptors (Lipinski definition) is 3. The minimum absolute atomic E-state index is 0.0215. The first-order valence-electron chi connectivity index (χ1n) is 4.76. The maximum absolute atomic E-state index is 11.4. The van der Waals surface area contributed by atoms with Crippen molar-refractivity contribution >= 4 is 24.4 Å². The maximum atomic E-state index is 11.4. The Morgan fingerprint density at radius 1 is 1.50 bits per heavy atom. The lowest BCUT2D eigenvalue weighted by Crippen LogP contribution is -2.49. The number of amides is 2. The molecule has 2 amide bonds. The van der Waals surface area contributed by atoms with Gasteiger partial charge in [-0.2, -0.15) is 12.6 Å². The highest BCUT2D eigenvalue weighted by molar-refractivity contribution is 7.81. The molecule has 2 atom stereocenters. The molecule has 0 spiro atoms. The molecule has 1 aliphatic rings. The van der Waals surface area contributed by atoms with Crippen molar-refractivity contribution in [3.8, 4) is 0 Å². The van der Waals surface area contributed by atoms with Gasteiger partial charge in [-0.1, -0.05) is 0 Å². The van der Waals surface area contributed by atoms with E-state index in [2.05, 4.69) is 12.6 Å². The van der Waals surface area contributed by atoms with Crippen molar-refractivity contribution in [1.29, 1.82) is 0 Å². The SMILES string of the molecule is CC1CCC(C(N)=O)CN1C(=O)CS. The van der Waals surface area contributed by atoms with Crippen LogP contribution in [-0.4, -0.2) is 35.1 Å². The number of piperidine rings is 1. The van der Waals surface area contributed by atoms with Gasteiger partial charge >= 0.3 is 0 Å². The molecule has 1 heterocycles. The molecule has 14 heavy (non-hydrogen) atoms. The van der Waals surface area contributed by atoms with Gasteiger partial charge in [0.15, 0.2) is 0 Å². The standard InChI is InChI=1S/C9H16N2O2S/c1-6-2-3-7(9(10)13)4-11(6)8(12)5-14/h6-7,14H,2-5H2,1H3,(H2,10,13). The van der Waals surface area contributed by atoms with E-state index >= 15 is 0 Å². The number of thiol groups is 1. The Hall–Kier alpha value is -0.710. The summed E-state index contributed by atoms with van der Waals surface area (Å²) in [5.74, 6) is -0.328. The van der Waals surface area contributed by atoms with Crippen LogP contribution in [0, 0.1) is 5.92 Å². The van der Waals surface area contributed by atoms with E-state index in [1.807, 2.05) is 6.92 Å². The van der Waals surface area contributed by atoms with Crippen LogP contribution in [0.25, 0.3) is 0 Å². The maximum Gasteiger partial charge on any atom is 0.232 e. The normalized spacial score (nSPS) is 27.4. The number of carbonyl (C=O) groups is 2. The summed E-state index contributed by atoms with van der Waals surface area (Å²) in [5, 5.41) is 0. The number of likely N-dealkylation sites (tertiary alicyclic amines) is 1. The van der Waals surface area contributed by atoms with E-state index in [4.69, 9.17) is 5.73 Å². The summed E-state index contributed by atoms with van der Waals surface area (Å²) >= 11 is 3.94. The number of primary amides is 1. The second-order valence-electron chi connectivity index (χ2n) is 3.73. The van der Waals surface area contributed by atoms with E-state index in [0.717, 1.165) is 12.8 Å². The quantitative estimate of drug-likeness (QED) is 0.640. The number of rotatable bonds is 2. The second-order valence-corrected chi connectivity index (χ2v) is 4.05. The molecule has 0 aromatic rings. The predicted octanol–water partition coefficient (Wildman–Crippen LogP) is 0.0286. The molecule has 2 N–H and O–H groups in total. The Bertz CT molecular complexity index is 245. The molecule has 0 aliphatic carbocycles. The van der Waals surface area contributed by atoms with Crippen molar-refractivity contribution in [2.24, 2.45) is 11.7 Å².